The molecule has 0 unspecified atom stereocenters. The molecule has 0 spiro atoms. The fourth-order valence-electron chi connectivity index (χ4n) is 3.46. The predicted molar refractivity (Wildman–Crippen MR) is 108 cm³/mol. The normalized spacial score (nSPS) is 15.3. The van der Waals surface area contributed by atoms with Crippen molar-refractivity contribution in [1.29, 1.82) is 0 Å². The van der Waals surface area contributed by atoms with Crippen LogP contribution in [-0.2, 0) is 13.6 Å². The van der Waals surface area contributed by atoms with Crippen LogP contribution in [0.3, 0.4) is 0 Å². The van der Waals surface area contributed by atoms with Gasteiger partial charge in [0.2, 0.25) is 0 Å². The van der Waals surface area contributed by atoms with Gasteiger partial charge in [-0.2, -0.15) is 5.10 Å². The Balaban J connectivity index is 1.49. The molecular formula is C20H23ClN6. The largest absolute Gasteiger partial charge is 0.352 e. The summed E-state index contributed by atoms with van der Waals surface area (Å²) in [6.45, 7) is 6.84. The Bertz CT molecular complexity index is 930. The third-order valence-electron chi connectivity index (χ3n) is 5.21. The van der Waals surface area contributed by atoms with Gasteiger partial charge in [0.1, 0.15) is 5.69 Å². The molecule has 0 radical (unpaired) electrons. The molecule has 3 heterocycles. The summed E-state index contributed by atoms with van der Waals surface area (Å²) < 4.78 is 1.93. The molecule has 0 atom stereocenters. The van der Waals surface area contributed by atoms with E-state index >= 15 is 0 Å². The fraction of sp³-hybridized carbons (Fsp3) is 0.350. The van der Waals surface area contributed by atoms with E-state index in [9.17, 15) is 0 Å². The molecule has 3 aromatic rings. The maximum Gasteiger partial charge on any atom is 0.155 e. The molecule has 0 saturated carbocycles. The first-order valence-corrected chi connectivity index (χ1v) is 9.52. The summed E-state index contributed by atoms with van der Waals surface area (Å²) >= 11 is 6.40. The molecule has 4 rings (SSSR count). The lowest BCUT2D eigenvalue weighted by molar-refractivity contribution is 0.249. The molecule has 27 heavy (non-hydrogen) atoms. The quantitative estimate of drug-likeness (QED) is 0.693. The van der Waals surface area contributed by atoms with E-state index in [0.717, 1.165) is 49.8 Å². The van der Waals surface area contributed by atoms with E-state index < -0.39 is 0 Å². The predicted octanol–water partition coefficient (Wildman–Crippen LogP) is 3.16. The van der Waals surface area contributed by atoms with Gasteiger partial charge >= 0.3 is 0 Å². The summed E-state index contributed by atoms with van der Waals surface area (Å²) in [5.74, 6) is 0.905. The van der Waals surface area contributed by atoms with Gasteiger partial charge in [0.25, 0.3) is 0 Å². The van der Waals surface area contributed by atoms with Crippen LogP contribution in [0.1, 0.15) is 11.3 Å². The Morgan fingerprint density at radius 3 is 2.48 bits per heavy atom. The maximum atomic E-state index is 6.40. The van der Waals surface area contributed by atoms with E-state index in [0.29, 0.717) is 5.02 Å². The maximum absolute atomic E-state index is 6.40. The Morgan fingerprint density at radius 2 is 1.78 bits per heavy atom. The first-order valence-electron chi connectivity index (χ1n) is 9.14. The number of hydrogen-bond donors (Lipinski definition) is 0. The van der Waals surface area contributed by atoms with Crippen molar-refractivity contribution in [2.24, 2.45) is 7.05 Å². The molecule has 0 aliphatic carbocycles. The van der Waals surface area contributed by atoms with Crippen molar-refractivity contribution in [2.45, 2.75) is 13.5 Å². The highest BCUT2D eigenvalue weighted by molar-refractivity contribution is 6.33. The molecule has 2 aromatic heterocycles. The van der Waals surface area contributed by atoms with Gasteiger partial charge in [-0.3, -0.25) is 14.6 Å². The minimum absolute atomic E-state index is 0.699. The van der Waals surface area contributed by atoms with Gasteiger partial charge in [-0.15, -0.1) is 0 Å². The topological polar surface area (TPSA) is 50.1 Å². The van der Waals surface area contributed by atoms with E-state index in [4.69, 9.17) is 11.6 Å². The number of anilines is 1. The molecule has 7 heteroatoms. The van der Waals surface area contributed by atoms with E-state index in [2.05, 4.69) is 31.8 Å². The van der Waals surface area contributed by atoms with Crippen LogP contribution >= 0.6 is 11.6 Å². The zero-order valence-corrected chi connectivity index (χ0v) is 16.4. The number of nitrogens with zero attached hydrogens (tertiary/aromatic N) is 6. The summed E-state index contributed by atoms with van der Waals surface area (Å²) in [5, 5.41) is 5.05. The second kappa shape index (κ2) is 7.66. The minimum Gasteiger partial charge on any atom is -0.352 e. The van der Waals surface area contributed by atoms with E-state index in [1.54, 1.807) is 12.4 Å². The number of halogens is 1. The second-order valence-corrected chi connectivity index (χ2v) is 7.26. The summed E-state index contributed by atoms with van der Waals surface area (Å²) in [6.07, 6.45) is 5.45. The number of aromatic nitrogens is 4. The summed E-state index contributed by atoms with van der Waals surface area (Å²) in [7, 11) is 1.99. The van der Waals surface area contributed by atoms with Crippen LogP contribution in [-0.4, -0.2) is 50.8 Å². The van der Waals surface area contributed by atoms with Crippen molar-refractivity contribution in [3.8, 4) is 11.3 Å². The fourth-order valence-corrected chi connectivity index (χ4v) is 3.69. The van der Waals surface area contributed by atoms with E-state index in [1.165, 1.54) is 11.3 Å². The van der Waals surface area contributed by atoms with Crippen LogP contribution in [0.4, 0.5) is 5.82 Å². The third kappa shape index (κ3) is 3.68. The SMILES string of the molecule is Cc1c(CN2CCN(c3nccnc3-c3ccccc3Cl)CC2)cnn1C. The van der Waals surface area contributed by atoms with Crippen molar-refractivity contribution >= 4 is 17.4 Å². The van der Waals surface area contributed by atoms with Crippen molar-refractivity contribution in [3.63, 3.8) is 0 Å². The first kappa shape index (κ1) is 17.9. The Kier molecular flexibility index (Phi) is 5.09. The van der Waals surface area contributed by atoms with Crippen molar-refractivity contribution in [2.75, 3.05) is 31.1 Å². The van der Waals surface area contributed by atoms with Gasteiger partial charge in [0, 0.05) is 69.0 Å². The lowest BCUT2D eigenvalue weighted by atomic mass is 10.1. The standard InChI is InChI=1S/C20H23ClN6/c1-15-16(13-24-25(15)2)14-26-9-11-27(12-10-26)20-19(22-7-8-23-20)17-5-3-4-6-18(17)21/h3-8,13H,9-12,14H2,1-2H3. The Labute approximate surface area is 164 Å². The lowest BCUT2D eigenvalue weighted by Crippen LogP contribution is -2.46. The van der Waals surface area contributed by atoms with Gasteiger partial charge < -0.3 is 4.90 Å². The first-order chi connectivity index (χ1) is 13.1. The van der Waals surface area contributed by atoms with Crippen molar-refractivity contribution in [3.05, 3.63) is 59.1 Å². The molecule has 0 bridgehead atoms. The number of rotatable bonds is 4. The highest BCUT2D eigenvalue weighted by Gasteiger charge is 2.22. The summed E-state index contributed by atoms with van der Waals surface area (Å²) in [4.78, 5) is 14.0. The molecular weight excluding hydrogens is 360 g/mol. The minimum atomic E-state index is 0.699. The van der Waals surface area contributed by atoms with E-state index in [-0.39, 0.29) is 0 Å². The zero-order chi connectivity index (χ0) is 18.8. The monoisotopic (exact) mass is 382 g/mol. The smallest absolute Gasteiger partial charge is 0.155 e. The van der Waals surface area contributed by atoms with Crippen molar-refractivity contribution < 1.29 is 0 Å². The second-order valence-electron chi connectivity index (χ2n) is 6.85. The zero-order valence-electron chi connectivity index (χ0n) is 15.6. The van der Waals surface area contributed by atoms with Crippen LogP contribution in [0, 0.1) is 6.92 Å². The number of piperazine rings is 1. The molecule has 0 N–H and O–H groups in total. The number of aryl methyl sites for hydroxylation is 1. The Morgan fingerprint density at radius 1 is 1.04 bits per heavy atom. The lowest BCUT2D eigenvalue weighted by Gasteiger charge is -2.35. The molecule has 0 amide bonds. The third-order valence-corrected chi connectivity index (χ3v) is 5.54. The number of benzene rings is 1. The average molecular weight is 383 g/mol. The highest BCUT2D eigenvalue weighted by Crippen LogP contribution is 2.32. The molecule has 1 saturated heterocycles. The van der Waals surface area contributed by atoms with E-state index in [1.807, 2.05) is 42.2 Å². The van der Waals surface area contributed by atoms with Crippen molar-refractivity contribution in [1.82, 2.24) is 24.6 Å². The van der Waals surface area contributed by atoms with Gasteiger partial charge in [0.05, 0.1) is 11.2 Å². The van der Waals surface area contributed by atoms with Crippen LogP contribution < -0.4 is 4.90 Å². The molecule has 1 aromatic carbocycles. The molecule has 6 nitrogen and oxygen atoms in total. The van der Waals surface area contributed by atoms with Gasteiger partial charge in [-0.1, -0.05) is 29.8 Å². The van der Waals surface area contributed by atoms with Gasteiger partial charge in [0.15, 0.2) is 5.82 Å². The molecule has 1 aliphatic rings. The van der Waals surface area contributed by atoms with Crippen LogP contribution in [0.2, 0.25) is 5.02 Å². The average Bonchev–Trinajstić information content (AvgIpc) is 3.01. The van der Waals surface area contributed by atoms with Gasteiger partial charge in [-0.05, 0) is 13.0 Å². The summed E-state index contributed by atoms with van der Waals surface area (Å²) in [5.41, 5.74) is 4.30. The van der Waals surface area contributed by atoms with Crippen LogP contribution in [0.5, 0.6) is 0 Å². The highest BCUT2D eigenvalue weighted by atomic mass is 35.5. The van der Waals surface area contributed by atoms with Gasteiger partial charge in [-0.25, -0.2) is 4.98 Å². The van der Waals surface area contributed by atoms with Crippen LogP contribution in [0.15, 0.2) is 42.9 Å². The number of hydrogen-bond acceptors (Lipinski definition) is 5. The molecule has 1 aliphatic heterocycles. The Hall–Kier alpha value is -2.44. The molecule has 140 valence electrons. The summed E-state index contributed by atoms with van der Waals surface area (Å²) in [6, 6.07) is 7.80. The van der Waals surface area contributed by atoms with Crippen LogP contribution in [0.25, 0.3) is 11.3 Å². The molecule has 1 fully saturated rings.